The molecule has 4 rings (SSSR count). The number of rotatable bonds is 11. The minimum absolute atomic E-state index is 0.138. The topological polar surface area (TPSA) is 113 Å². The number of hydrogen-bond acceptors (Lipinski definition) is 7. The van der Waals surface area contributed by atoms with E-state index in [1.807, 2.05) is 19.1 Å². The van der Waals surface area contributed by atoms with Crippen LogP contribution in [0.2, 0.25) is 0 Å². The highest BCUT2D eigenvalue weighted by atomic mass is 32.2. The molecule has 11 heteroatoms. The van der Waals surface area contributed by atoms with Crippen LogP contribution < -0.4 is 14.5 Å². The van der Waals surface area contributed by atoms with E-state index >= 15 is 0 Å². The maximum atomic E-state index is 13.4. The summed E-state index contributed by atoms with van der Waals surface area (Å²) in [7, 11) is -2.10. The molecule has 0 aliphatic carbocycles. The van der Waals surface area contributed by atoms with Gasteiger partial charge in [0.15, 0.2) is 0 Å². The number of aromatic nitrogens is 2. The second-order valence-electron chi connectivity index (χ2n) is 10.1. The van der Waals surface area contributed by atoms with Crippen molar-refractivity contribution in [1.82, 2.24) is 14.3 Å². The molecule has 0 saturated carbocycles. The minimum Gasteiger partial charge on any atom is -0.493 e. The van der Waals surface area contributed by atoms with Gasteiger partial charge in [-0.15, -0.1) is 0 Å². The largest absolute Gasteiger partial charge is 0.493 e. The molecule has 0 N–H and O–H groups in total. The van der Waals surface area contributed by atoms with Gasteiger partial charge in [0.1, 0.15) is 16.1 Å². The number of anilines is 2. The highest BCUT2D eigenvalue weighted by Gasteiger charge is 2.45. The van der Waals surface area contributed by atoms with Gasteiger partial charge in [-0.2, -0.15) is 4.31 Å². The molecule has 1 aliphatic rings. The highest BCUT2D eigenvalue weighted by Crippen LogP contribution is 2.40. The van der Waals surface area contributed by atoms with Crippen LogP contribution in [0.1, 0.15) is 32.8 Å². The van der Waals surface area contributed by atoms with Crippen molar-refractivity contribution in [2.45, 2.75) is 38.5 Å². The Labute approximate surface area is 235 Å². The van der Waals surface area contributed by atoms with E-state index in [0.717, 1.165) is 5.56 Å². The lowest BCUT2D eigenvalue weighted by atomic mass is 9.90. The first-order chi connectivity index (χ1) is 19.1. The molecule has 3 aromatic rings. The van der Waals surface area contributed by atoms with Crippen LogP contribution in [0.3, 0.4) is 0 Å². The molecule has 0 radical (unpaired) electrons. The van der Waals surface area contributed by atoms with Crippen molar-refractivity contribution >= 4 is 33.2 Å². The monoisotopic (exact) mass is 565 g/mol. The van der Waals surface area contributed by atoms with E-state index in [-0.39, 0.29) is 36.4 Å². The highest BCUT2D eigenvalue weighted by molar-refractivity contribution is 7.89. The van der Waals surface area contributed by atoms with Gasteiger partial charge in [-0.1, -0.05) is 6.07 Å². The average molecular weight is 566 g/mol. The zero-order chi connectivity index (χ0) is 28.9. The fourth-order valence-corrected chi connectivity index (χ4v) is 6.15. The molecule has 10 nitrogen and oxygen atoms in total. The van der Waals surface area contributed by atoms with Crippen molar-refractivity contribution in [3.05, 3.63) is 72.8 Å². The molecule has 2 amide bonds. The third-order valence-electron chi connectivity index (χ3n) is 7.00. The van der Waals surface area contributed by atoms with Crippen LogP contribution in [0.25, 0.3) is 0 Å². The van der Waals surface area contributed by atoms with Crippen molar-refractivity contribution < 1.29 is 22.7 Å². The summed E-state index contributed by atoms with van der Waals surface area (Å²) in [6.07, 6.45) is 7.25. The predicted molar refractivity (Wildman–Crippen MR) is 153 cm³/mol. The summed E-state index contributed by atoms with van der Waals surface area (Å²) in [5, 5.41) is 0. The summed E-state index contributed by atoms with van der Waals surface area (Å²) in [6, 6.07) is 12.2. The molecular formula is C29H35N5O5S. The van der Waals surface area contributed by atoms with Crippen LogP contribution in [-0.4, -0.2) is 67.8 Å². The summed E-state index contributed by atoms with van der Waals surface area (Å²) in [6.45, 7) is 6.36. The molecule has 3 heterocycles. The fraction of sp³-hybridized carbons (Fsp3) is 0.379. The predicted octanol–water partition coefficient (Wildman–Crippen LogP) is 3.53. The van der Waals surface area contributed by atoms with Crippen molar-refractivity contribution in [1.29, 1.82) is 0 Å². The van der Waals surface area contributed by atoms with Crippen molar-refractivity contribution in [3.8, 4) is 5.75 Å². The van der Waals surface area contributed by atoms with Crippen LogP contribution in [-0.2, 0) is 26.0 Å². The Balaban J connectivity index is 1.47. The quantitative estimate of drug-likeness (QED) is 0.258. The average Bonchev–Trinajstić information content (AvgIpc) is 3.01. The van der Waals surface area contributed by atoms with Gasteiger partial charge < -0.3 is 14.5 Å². The van der Waals surface area contributed by atoms with Gasteiger partial charge in [0.2, 0.25) is 21.8 Å². The third kappa shape index (κ3) is 6.00. The Hall–Kier alpha value is -3.83. The van der Waals surface area contributed by atoms with E-state index < -0.39 is 15.4 Å². The Bertz CT molecular complexity index is 1450. The van der Waals surface area contributed by atoms with Gasteiger partial charge in [0.05, 0.1) is 18.0 Å². The molecule has 0 saturated heterocycles. The van der Waals surface area contributed by atoms with Crippen molar-refractivity contribution in [3.63, 3.8) is 0 Å². The molecular weight excluding hydrogens is 530 g/mol. The Morgan fingerprint density at radius 1 is 0.950 bits per heavy atom. The number of carbonyl (C=O) groups excluding carboxylic acids is 2. The summed E-state index contributed by atoms with van der Waals surface area (Å²) in [5.41, 5.74) is 0.978. The number of ether oxygens (including phenoxy) is 1. The summed E-state index contributed by atoms with van der Waals surface area (Å²) in [5.74, 6) is -0.0178. The third-order valence-corrected chi connectivity index (χ3v) is 8.88. The standard InChI is InChI=1S/C29H35N5O5S/c1-5-34-25-12-11-23(19-26(25)32(4)27(35)29(2,3)28(34)36)39-18-8-16-33(17-13-22-9-6-14-30-20-22)40(37,38)24-10-7-15-31-21-24/h6-7,9-12,14-15,19-21H,5,8,13,16-18H2,1-4H3. The maximum Gasteiger partial charge on any atom is 0.244 e. The number of hydrogen-bond donors (Lipinski definition) is 0. The first kappa shape index (κ1) is 29.2. The first-order valence-electron chi connectivity index (χ1n) is 13.2. The second-order valence-corrected chi connectivity index (χ2v) is 12.0. The number of nitrogens with zero attached hydrogens (tertiary/aromatic N) is 5. The van der Waals surface area contributed by atoms with E-state index in [0.29, 0.717) is 36.5 Å². The molecule has 0 fully saturated rings. The first-order valence-corrected chi connectivity index (χ1v) is 14.7. The number of carbonyl (C=O) groups is 2. The van der Waals surface area contributed by atoms with Gasteiger partial charge >= 0.3 is 0 Å². The van der Waals surface area contributed by atoms with E-state index in [2.05, 4.69) is 9.97 Å². The van der Waals surface area contributed by atoms with Crippen molar-refractivity contribution in [2.75, 3.05) is 43.1 Å². The van der Waals surface area contributed by atoms with Gasteiger partial charge in [0, 0.05) is 57.5 Å². The lowest BCUT2D eigenvalue weighted by Crippen LogP contribution is -2.47. The van der Waals surface area contributed by atoms with Crippen LogP contribution in [0.5, 0.6) is 5.75 Å². The molecule has 0 unspecified atom stereocenters. The Morgan fingerprint density at radius 3 is 2.33 bits per heavy atom. The van der Waals surface area contributed by atoms with E-state index in [9.17, 15) is 18.0 Å². The van der Waals surface area contributed by atoms with Crippen LogP contribution >= 0.6 is 0 Å². The minimum atomic E-state index is -3.76. The maximum absolute atomic E-state index is 13.4. The Morgan fingerprint density at radius 2 is 1.68 bits per heavy atom. The number of amides is 2. The van der Waals surface area contributed by atoms with Gasteiger partial charge in [-0.05, 0) is 69.5 Å². The van der Waals surface area contributed by atoms with E-state index in [4.69, 9.17) is 4.74 Å². The zero-order valence-corrected chi connectivity index (χ0v) is 24.1. The smallest absolute Gasteiger partial charge is 0.244 e. The molecule has 0 bridgehead atoms. The second kappa shape index (κ2) is 12.1. The molecule has 1 aromatic carbocycles. The molecule has 1 aliphatic heterocycles. The summed E-state index contributed by atoms with van der Waals surface area (Å²) in [4.78, 5) is 37.5. The molecule has 212 valence electrons. The molecule has 2 aromatic heterocycles. The van der Waals surface area contributed by atoms with Crippen LogP contribution in [0, 0.1) is 5.41 Å². The van der Waals surface area contributed by atoms with Crippen molar-refractivity contribution in [2.24, 2.45) is 5.41 Å². The van der Waals surface area contributed by atoms with Crippen LogP contribution in [0.4, 0.5) is 11.4 Å². The zero-order valence-electron chi connectivity index (χ0n) is 23.3. The molecule has 0 spiro atoms. The number of sulfonamides is 1. The number of benzene rings is 1. The normalized spacial score (nSPS) is 15.2. The molecule has 0 atom stereocenters. The summed E-state index contributed by atoms with van der Waals surface area (Å²) < 4.78 is 34.2. The van der Waals surface area contributed by atoms with E-state index in [1.54, 1.807) is 62.5 Å². The fourth-order valence-electron chi connectivity index (χ4n) is 4.70. The Kier molecular flexibility index (Phi) is 8.85. The van der Waals surface area contributed by atoms with Gasteiger partial charge in [0.25, 0.3) is 0 Å². The van der Waals surface area contributed by atoms with Crippen LogP contribution in [0.15, 0.2) is 72.1 Å². The van der Waals surface area contributed by atoms with Gasteiger partial charge in [-0.3, -0.25) is 19.6 Å². The SMILES string of the molecule is CCN1C(=O)C(C)(C)C(=O)N(C)c2cc(OCCCN(CCc3cccnc3)S(=O)(=O)c3cccnc3)ccc21. The summed E-state index contributed by atoms with van der Waals surface area (Å²) >= 11 is 0. The number of fused-ring (bicyclic) bond motifs is 1. The lowest BCUT2D eigenvalue weighted by molar-refractivity contribution is -0.137. The van der Waals surface area contributed by atoms with E-state index in [1.165, 1.54) is 27.7 Å². The van der Waals surface area contributed by atoms with Gasteiger partial charge in [-0.25, -0.2) is 8.42 Å². The number of pyridine rings is 2. The lowest BCUT2D eigenvalue weighted by Gasteiger charge is -2.27. The molecule has 40 heavy (non-hydrogen) atoms.